The predicted octanol–water partition coefficient (Wildman–Crippen LogP) is 4.78. The van der Waals surface area contributed by atoms with Gasteiger partial charge in [-0.3, -0.25) is 4.79 Å². The molecule has 5 nitrogen and oxygen atoms in total. The van der Waals surface area contributed by atoms with E-state index in [9.17, 15) is 4.79 Å². The Morgan fingerprint density at radius 3 is 2.04 bits per heavy atom. The number of rotatable bonds is 18. The van der Waals surface area contributed by atoms with Gasteiger partial charge in [-0.1, -0.05) is 63.6 Å². The lowest BCUT2D eigenvalue weighted by Gasteiger charge is -2.08. The molecule has 0 unspecified atom stereocenters. The standard InChI is InChI=1S/C22H36O5/c1-2-3-4-5-6-7-11-14-22(23)27-20-18-25-16-15-24-17-19-26-21-12-9-8-10-13-21/h8-10,12-13H,2-7,11,14-20H2,1H3. The third-order valence-electron chi connectivity index (χ3n) is 4.09. The van der Waals surface area contributed by atoms with Crippen molar-refractivity contribution < 1.29 is 23.7 Å². The second-order valence-corrected chi connectivity index (χ2v) is 6.48. The van der Waals surface area contributed by atoms with Crippen molar-refractivity contribution in [3.8, 4) is 5.75 Å². The number of esters is 1. The fourth-order valence-electron chi connectivity index (χ4n) is 2.57. The quantitative estimate of drug-likeness (QED) is 0.271. The summed E-state index contributed by atoms with van der Waals surface area (Å²) in [4.78, 5) is 11.6. The molecule has 0 aliphatic carbocycles. The third kappa shape index (κ3) is 15.2. The molecule has 1 aromatic rings. The summed E-state index contributed by atoms with van der Waals surface area (Å²) in [7, 11) is 0. The normalized spacial score (nSPS) is 10.7. The van der Waals surface area contributed by atoms with E-state index in [2.05, 4.69) is 6.92 Å². The maximum atomic E-state index is 11.6. The molecule has 1 rings (SSSR count). The molecule has 27 heavy (non-hydrogen) atoms. The minimum atomic E-state index is -0.124. The van der Waals surface area contributed by atoms with E-state index in [0.717, 1.165) is 18.6 Å². The first-order chi connectivity index (χ1) is 13.3. The van der Waals surface area contributed by atoms with Crippen molar-refractivity contribution in [3.05, 3.63) is 30.3 Å². The lowest BCUT2D eigenvalue weighted by Crippen LogP contribution is -2.14. The second-order valence-electron chi connectivity index (χ2n) is 6.48. The lowest BCUT2D eigenvalue weighted by atomic mass is 10.1. The van der Waals surface area contributed by atoms with Crippen LogP contribution in [0, 0.1) is 0 Å². The van der Waals surface area contributed by atoms with Crippen LogP contribution in [0.25, 0.3) is 0 Å². The number of carbonyl (C=O) groups is 1. The van der Waals surface area contributed by atoms with Gasteiger partial charge in [-0.05, 0) is 18.6 Å². The van der Waals surface area contributed by atoms with Gasteiger partial charge in [-0.2, -0.15) is 0 Å². The van der Waals surface area contributed by atoms with E-state index in [1.165, 1.54) is 32.1 Å². The number of para-hydroxylation sites is 1. The molecule has 0 aliphatic heterocycles. The van der Waals surface area contributed by atoms with Crippen LogP contribution in [-0.4, -0.2) is 45.6 Å². The van der Waals surface area contributed by atoms with Gasteiger partial charge in [0.2, 0.25) is 0 Å². The molecular formula is C22H36O5. The van der Waals surface area contributed by atoms with E-state index in [0.29, 0.717) is 46.1 Å². The highest BCUT2D eigenvalue weighted by atomic mass is 16.6. The second kappa shape index (κ2) is 17.8. The van der Waals surface area contributed by atoms with Gasteiger partial charge < -0.3 is 18.9 Å². The van der Waals surface area contributed by atoms with E-state index in [4.69, 9.17) is 18.9 Å². The molecule has 0 spiro atoms. The Labute approximate surface area is 164 Å². The van der Waals surface area contributed by atoms with Crippen molar-refractivity contribution in [2.45, 2.75) is 58.3 Å². The van der Waals surface area contributed by atoms with Crippen molar-refractivity contribution in [1.29, 1.82) is 0 Å². The molecular weight excluding hydrogens is 344 g/mol. The lowest BCUT2D eigenvalue weighted by molar-refractivity contribution is -0.145. The molecule has 0 amide bonds. The number of carbonyl (C=O) groups excluding carboxylic acids is 1. The van der Waals surface area contributed by atoms with Crippen molar-refractivity contribution in [2.75, 3.05) is 39.6 Å². The summed E-state index contributed by atoms with van der Waals surface area (Å²) in [6.45, 7) is 4.96. The smallest absolute Gasteiger partial charge is 0.305 e. The van der Waals surface area contributed by atoms with E-state index in [1.54, 1.807) is 0 Å². The van der Waals surface area contributed by atoms with Gasteiger partial charge in [0.25, 0.3) is 0 Å². The fraction of sp³-hybridized carbons (Fsp3) is 0.682. The fourth-order valence-corrected chi connectivity index (χ4v) is 2.57. The Balaban J connectivity index is 1.77. The third-order valence-corrected chi connectivity index (χ3v) is 4.09. The summed E-state index contributed by atoms with van der Waals surface area (Å²) in [5.74, 6) is 0.720. The van der Waals surface area contributed by atoms with Gasteiger partial charge in [0.05, 0.1) is 26.4 Å². The molecule has 0 aliphatic rings. The number of unbranched alkanes of at least 4 members (excludes halogenated alkanes) is 6. The average molecular weight is 381 g/mol. The first-order valence-corrected chi connectivity index (χ1v) is 10.3. The van der Waals surface area contributed by atoms with Crippen molar-refractivity contribution >= 4 is 5.97 Å². The molecule has 154 valence electrons. The predicted molar refractivity (Wildman–Crippen MR) is 107 cm³/mol. The zero-order chi connectivity index (χ0) is 19.4. The van der Waals surface area contributed by atoms with Gasteiger partial charge in [0.15, 0.2) is 0 Å². The van der Waals surface area contributed by atoms with Crippen molar-refractivity contribution in [3.63, 3.8) is 0 Å². The Morgan fingerprint density at radius 1 is 0.741 bits per heavy atom. The average Bonchev–Trinajstić information content (AvgIpc) is 2.69. The van der Waals surface area contributed by atoms with Gasteiger partial charge in [-0.25, -0.2) is 0 Å². The van der Waals surface area contributed by atoms with Crippen LogP contribution in [0.5, 0.6) is 5.75 Å². The van der Waals surface area contributed by atoms with E-state index in [-0.39, 0.29) is 5.97 Å². The SMILES string of the molecule is CCCCCCCCCC(=O)OCCOCCOCCOc1ccccc1. The summed E-state index contributed by atoms with van der Waals surface area (Å²) < 4.78 is 21.5. The molecule has 0 fully saturated rings. The van der Waals surface area contributed by atoms with Crippen molar-refractivity contribution in [2.24, 2.45) is 0 Å². The minimum absolute atomic E-state index is 0.124. The Kier molecular flexibility index (Phi) is 15.5. The summed E-state index contributed by atoms with van der Waals surface area (Å²) in [5, 5.41) is 0. The Hall–Kier alpha value is -1.59. The molecule has 0 heterocycles. The maximum absolute atomic E-state index is 11.6. The number of ether oxygens (including phenoxy) is 4. The van der Waals surface area contributed by atoms with Crippen LogP contribution in [0.2, 0.25) is 0 Å². The van der Waals surface area contributed by atoms with Crippen molar-refractivity contribution in [1.82, 2.24) is 0 Å². The van der Waals surface area contributed by atoms with Gasteiger partial charge >= 0.3 is 5.97 Å². The zero-order valence-electron chi connectivity index (χ0n) is 16.8. The van der Waals surface area contributed by atoms with E-state index < -0.39 is 0 Å². The summed E-state index contributed by atoms with van der Waals surface area (Å²) in [5.41, 5.74) is 0. The zero-order valence-corrected chi connectivity index (χ0v) is 16.8. The van der Waals surface area contributed by atoms with Crippen LogP contribution < -0.4 is 4.74 Å². The highest BCUT2D eigenvalue weighted by Crippen LogP contribution is 2.09. The van der Waals surface area contributed by atoms with E-state index in [1.807, 2.05) is 30.3 Å². The highest BCUT2D eigenvalue weighted by Gasteiger charge is 2.02. The topological polar surface area (TPSA) is 54.0 Å². The van der Waals surface area contributed by atoms with Crippen LogP contribution in [0.3, 0.4) is 0 Å². The first kappa shape index (κ1) is 23.4. The van der Waals surface area contributed by atoms with Gasteiger partial charge in [-0.15, -0.1) is 0 Å². The molecule has 1 aromatic carbocycles. The monoisotopic (exact) mass is 380 g/mol. The molecule has 0 saturated heterocycles. The number of hydrogen-bond donors (Lipinski definition) is 0. The molecule has 0 atom stereocenters. The molecule has 5 heteroatoms. The van der Waals surface area contributed by atoms with Crippen LogP contribution in [0.15, 0.2) is 30.3 Å². The number of hydrogen-bond acceptors (Lipinski definition) is 5. The molecule has 0 radical (unpaired) electrons. The summed E-state index contributed by atoms with van der Waals surface area (Å²) in [6, 6.07) is 9.65. The molecule has 0 saturated carbocycles. The Bertz CT molecular complexity index is 449. The largest absolute Gasteiger partial charge is 0.491 e. The van der Waals surface area contributed by atoms with Gasteiger partial charge in [0.1, 0.15) is 19.0 Å². The summed E-state index contributed by atoms with van der Waals surface area (Å²) >= 11 is 0. The highest BCUT2D eigenvalue weighted by molar-refractivity contribution is 5.69. The van der Waals surface area contributed by atoms with E-state index >= 15 is 0 Å². The molecule has 0 bridgehead atoms. The van der Waals surface area contributed by atoms with Crippen LogP contribution >= 0.6 is 0 Å². The summed E-state index contributed by atoms with van der Waals surface area (Å²) in [6.07, 6.45) is 8.92. The van der Waals surface area contributed by atoms with Crippen LogP contribution in [0.1, 0.15) is 58.3 Å². The Morgan fingerprint density at radius 2 is 1.33 bits per heavy atom. The molecule has 0 aromatic heterocycles. The maximum Gasteiger partial charge on any atom is 0.305 e. The minimum Gasteiger partial charge on any atom is -0.491 e. The van der Waals surface area contributed by atoms with Gasteiger partial charge in [0, 0.05) is 6.42 Å². The number of benzene rings is 1. The van der Waals surface area contributed by atoms with Crippen LogP contribution in [-0.2, 0) is 19.0 Å². The molecule has 0 N–H and O–H groups in total. The first-order valence-electron chi connectivity index (χ1n) is 10.3. The van der Waals surface area contributed by atoms with Crippen LogP contribution in [0.4, 0.5) is 0 Å².